The smallest absolute Gasteiger partial charge is 0.279 e. The van der Waals surface area contributed by atoms with Gasteiger partial charge in [0.05, 0.1) is 5.69 Å². The van der Waals surface area contributed by atoms with Crippen LogP contribution in [-0.2, 0) is 6.42 Å². The van der Waals surface area contributed by atoms with Crippen LogP contribution in [-0.4, -0.2) is 20.2 Å². The van der Waals surface area contributed by atoms with Gasteiger partial charge in [0.2, 0.25) is 0 Å². The minimum Gasteiger partial charge on any atom is -0.308 e. The highest BCUT2D eigenvalue weighted by Crippen LogP contribution is 2.35. The van der Waals surface area contributed by atoms with E-state index in [0.29, 0.717) is 17.6 Å². The number of nitrogens with one attached hydrogen (secondary N) is 2. The van der Waals surface area contributed by atoms with Crippen molar-refractivity contribution < 1.29 is 13.2 Å². The number of hydrogen-bond acceptors (Lipinski definition) is 3. The Balaban J connectivity index is 1.78. The third-order valence-electron chi connectivity index (χ3n) is 4.70. The summed E-state index contributed by atoms with van der Waals surface area (Å²) in [4.78, 5) is 19.1. The molecule has 2 heterocycles. The molecule has 0 spiro atoms. The first kappa shape index (κ1) is 15.9. The summed E-state index contributed by atoms with van der Waals surface area (Å²) in [5.74, 6) is -2.64. The molecule has 130 valence electrons. The molecular weight excluding hydrogens is 333 g/mol. The number of halogens is 3. The molecule has 1 fully saturated rings. The summed E-state index contributed by atoms with van der Waals surface area (Å²) >= 11 is 0. The zero-order valence-corrected chi connectivity index (χ0v) is 13.2. The molecule has 4 rings (SSSR count). The lowest BCUT2D eigenvalue weighted by atomic mass is 10.0. The van der Waals surface area contributed by atoms with Gasteiger partial charge in [-0.3, -0.25) is 9.89 Å². The average molecular weight is 348 g/mol. The third kappa shape index (κ3) is 2.81. The summed E-state index contributed by atoms with van der Waals surface area (Å²) in [6.07, 6.45) is 3.91. The van der Waals surface area contributed by atoms with Crippen molar-refractivity contribution in [2.24, 2.45) is 0 Å². The van der Waals surface area contributed by atoms with Crippen LogP contribution in [0.15, 0.2) is 16.9 Å². The Bertz CT molecular complexity index is 982. The van der Waals surface area contributed by atoms with Gasteiger partial charge >= 0.3 is 0 Å². The van der Waals surface area contributed by atoms with Crippen LogP contribution in [0.5, 0.6) is 0 Å². The van der Waals surface area contributed by atoms with Gasteiger partial charge in [0, 0.05) is 30.0 Å². The van der Waals surface area contributed by atoms with E-state index in [1.165, 1.54) is 0 Å². The first-order valence-corrected chi connectivity index (χ1v) is 8.13. The number of aromatic amines is 2. The fraction of sp³-hybridized carbons (Fsp3) is 0.353. The monoisotopic (exact) mass is 348 g/mol. The Kier molecular flexibility index (Phi) is 3.82. The maximum Gasteiger partial charge on any atom is 0.279 e. The Morgan fingerprint density at radius 1 is 1.08 bits per heavy atom. The largest absolute Gasteiger partial charge is 0.308 e. The van der Waals surface area contributed by atoms with Crippen LogP contribution in [0.2, 0.25) is 0 Å². The van der Waals surface area contributed by atoms with Crippen LogP contribution in [0.4, 0.5) is 13.2 Å². The van der Waals surface area contributed by atoms with Gasteiger partial charge in [-0.05, 0) is 12.8 Å². The number of benzene rings is 1. The van der Waals surface area contributed by atoms with Crippen LogP contribution < -0.4 is 5.56 Å². The number of rotatable bonds is 3. The lowest BCUT2D eigenvalue weighted by Crippen LogP contribution is -2.13. The Hall–Kier alpha value is -2.64. The number of nitrogens with zero attached hydrogens (tertiary/aromatic N) is 2. The highest BCUT2D eigenvalue weighted by Gasteiger charge is 2.24. The first-order valence-electron chi connectivity index (χ1n) is 8.13. The van der Waals surface area contributed by atoms with Crippen molar-refractivity contribution in [2.45, 2.75) is 38.0 Å². The molecule has 1 aliphatic carbocycles. The zero-order chi connectivity index (χ0) is 17.6. The van der Waals surface area contributed by atoms with E-state index >= 15 is 0 Å². The fourth-order valence-corrected chi connectivity index (χ4v) is 3.47. The van der Waals surface area contributed by atoms with Gasteiger partial charge in [-0.1, -0.05) is 12.8 Å². The quantitative estimate of drug-likeness (QED) is 0.763. The van der Waals surface area contributed by atoms with Gasteiger partial charge in [0.25, 0.3) is 5.56 Å². The second kappa shape index (κ2) is 6.02. The third-order valence-corrected chi connectivity index (χ3v) is 4.70. The topological polar surface area (TPSA) is 74.4 Å². The normalized spacial score (nSPS) is 15.3. The van der Waals surface area contributed by atoms with E-state index in [9.17, 15) is 18.0 Å². The molecule has 0 radical (unpaired) electrons. The molecule has 8 heteroatoms. The summed E-state index contributed by atoms with van der Waals surface area (Å²) in [5.41, 5.74) is 0.609. The highest BCUT2D eigenvalue weighted by molar-refractivity contribution is 5.76. The molecule has 1 aromatic carbocycles. The summed E-state index contributed by atoms with van der Waals surface area (Å²) in [5, 5.41) is 6.92. The van der Waals surface area contributed by atoms with Gasteiger partial charge in [-0.25, -0.2) is 18.2 Å². The van der Waals surface area contributed by atoms with E-state index < -0.39 is 23.0 Å². The van der Waals surface area contributed by atoms with E-state index in [2.05, 4.69) is 20.2 Å². The van der Waals surface area contributed by atoms with Crippen LogP contribution >= 0.6 is 0 Å². The molecule has 25 heavy (non-hydrogen) atoms. The predicted octanol–water partition coefficient (Wildman–Crippen LogP) is 3.31. The molecule has 0 aliphatic heterocycles. The van der Waals surface area contributed by atoms with Crippen molar-refractivity contribution in [3.05, 3.63) is 57.0 Å². The fourth-order valence-electron chi connectivity index (χ4n) is 3.47. The Morgan fingerprint density at radius 3 is 2.44 bits per heavy atom. The van der Waals surface area contributed by atoms with E-state index in [1.54, 1.807) is 0 Å². The number of hydrogen-bond donors (Lipinski definition) is 2. The average Bonchev–Trinajstić information content (AvgIpc) is 3.19. The molecule has 3 aromatic rings. The molecule has 0 saturated heterocycles. The van der Waals surface area contributed by atoms with Crippen LogP contribution in [0.1, 0.15) is 48.7 Å². The first-order chi connectivity index (χ1) is 12.0. The van der Waals surface area contributed by atoms with E-state index in [4.69, 9.17) is 0 Å². The van der Waals surface area contributed by atoms with Crippen molar-refractivity contribution in [3.63, 3.8) is 0 Å². The minimum absolute atomic E-state index is 0.113. The molecule has 0 amide bonds. The highest BCUT2D eigenvalue weighted by atomic mass is 19.1. The van der Waals surface area contributed by atoms with Crippen molar-refractivity contribution in [1.82, 2.24) is 20.2 Å². The lowest BCUT2D eigenvalue weighted by Gasteiger charge is -2.08. The molecular formula is C17H15F3N4O. The number of aromatic nitrogens is 4. The Morgan fingerprint density at radius 2 is 1.76 bits per heavy atom. The van der Waals surface area contributed by atoms with Gasteiger partial charge in [0.1, 0.15) is 28.8 Å². The minimum atomic E-state index is -1.01. The molecule has 1 saturated carbocycles. The summed E-state index contributed by atoms with van der Waals surface area (Å²) in [6, 6.07) is 1.22. The van der Waals surface area contributed by atoms with Crippen LogP contribution in [0.3, 0.4) is 0 Å². The number of fused-ring (bicyclic) bond motifs is 1. The van der Waals surface area contributed by atoms with Gasteiger partial charge in [-0.15, -0.1) is 0 Å². The van der Waals surface area contributed by atoms with Gasteiger partial charge < -0.3 is 4.98 Å². The maximum absolute atomic E-state index is 13.9. The molecule has 0 bridgehead atoms. The second-order valence-electron chi connectivity index (χ2n) is 6.35. The molecule has 0 atom stereocenters. The maximum atomic E-state index is 13.9. The van der Waals surface area contributed by atoms with Crippen LogP contribution in [0.25, 0.3) is 11.0 Å². The second-order valence-corrected chi connectivity index (χ2v) is 6.35. The van der Waals surface area contributed by atoms with Crippen molar-refractivity contribution in [3.8, 4) is 0 Å². The number of H-pyrrole nitrogens is 2. The van der Waals surface area contributed by atoms with Crippen molar-refractivity contribution in [2.75, 3.05) is 0 Å². The summed E-state index contributed by atoms with van der Waals surface area (Å²) in [6.45, 7) is 0. The van der Waals surface area contributed by atoms with Gasteiger partial charge in [-0.2, -0.15) is 5.10 Å². The van der Waals surface area contributed by atoms with E-state index in [0.717, 1.165) is 31.4 Å². The summed E-state index contributed by atoms with van der Waals surface area (Å²) < 4.78 is 40.8. The zero-order valence-electron chi connectivity index (χ0n) is 13.2. The lowest BCUT2D eigenvalue weighted by molar-refractivity contribution is 0.526. The van der Waals surface area contributed by atoms with Crippen molar-refractivity contribution >= 4 is 11.0 Å². The van der Waals surface area contributed by atoms with E-state index in [1.807, 2.05) is 0 Å². The molecule has 2 N–H and O–H groups in total. The standard InChI is InChI=1S/C17H15F3N4O/c18-9-5-11(19)10(12(20)6-9)7-13-21-15-14(8-3-1-2-4-8)23-24-16(15)17(25)22-13/h5-6,8H,1-4,7H2,(H,23,24)(H,21,22,25). The summed E-state index contributed by atoms with van der Waals surface area (Å²) in [7, 11) is 0. The molecule has 5 nitrogen and oxygen atoms in total. The molecule has 0 unspecified atom stereocenters. The van der Waals surface area contributed by atoms with Gasteiger partial charge in [0.15, 0.2) is 5.52 Å². The van der Waals surface area contributed by atoms with Crippen molar-refractivity contribution in [1.29, 1.82) is 0 Å². The predicted molar refractivity (Wildman–Crippen MR) is 84.8 cm³/mol. The van der Waals surface area contributed by atoms with E-state index in [-0.39, 0.29) is 29.2 Å². The van der Waals surface area contributed by atoms with Crippen LogP contribution in [0, 0.1) is 17.5 Å². The molecule has 2 aromatic heterocycles. The molecule has 1 aliphatic rings. The SMILES string of the molecule is O=c1[nH]c(Cc2c(F)cc(F)cc2F)nc2c(C3CCCC3)[nH]nc12. The Labute approximate surface area is 140 Å².